The van der Waals surface area contributed by atoms with Gasteiger partial charge in [-0.25, -0.2) is 9.59 Å². The van der Waals surface area contributed by atoms with Crippen LogP contribution >= 0.6 is 0 Å². The number of carbonyl (C=O) groups is 2. The van der Waals surface area contributed by atoms with E-state index < -0.39 is 11.9 Å². The quantitative estimate of drug-likeness (QED) is 0.433. The van der Waals surface area contributed by atoms with Gasteiger partial charge in [0.25, 0.3) is 0 Å². The summed E-state index contributed by atoms with van der Waals surface area (Å²) >= 11 is 0. The van der Waals surface area contributed by atoms with Crippen LogP contribution in [0.1, 0.15) is 5.56 Å². The van der Waals surface area contributed by atoms with E-state index >= 15 is 0 Å². The molecule has 0 heterocycles. The van der Waals surface area contributed by atoms with Crippen LogP contribution < -0.4 is 9.47 Å². The molecule has 0 radical (unpaired) electrons. The molecule has 5 heteroatoms. The van der Waals surface area contributed by atoms with Crippen LogP contribution in [0.15, 0.2) is 43.5 Å². The molecule has 0 aliphatic heterocycles. The van der Waals surface area contributed by atoms with Crippen LogP contribution in [0.2, 0.25) is 0 Å². The van der Waals surface area contributed by atoms with Gasteiger partial charge >= 0.3 is 11.9 Å². The minimum atomic E-state index is -0.634. The van der Waals surface area contributed by atoms with Gasteiger partial charge in [-0.15, -0.1) is 0 Å². The Labute approximate surface area is 117 Å². The SMILES string of the molecule is C=CC(=O)Oc1ccc(CCOC)cc1OC(=O)C=C. The summed E-state index contributed by atoms with van der Waals surface area (Å²) in [7, 11) is 1.60. The molecule has 0 amide bonds. The lowest BCUT2D eigenvalue weighted by Crippen LogP contribution is -2.09. The van der Waals surface area contributed by atoms with Crippen molar-refractivity contribution in [3.05, 3.63) is 49.1 Å². The van der Waals surface area contributed by atoms with Gasteiger partial charge < -0.3 is 14.2 Å². The zero-order chi connectivity index (χ0) is 15.0. The van der Waals surface area contributed by atoms with E-state index in [4.69, 9.17) is 14.2 Å². The number of rotatable bonds is 7. The van der Waals surface area contributed by atoms with Crippen molar-refractivity contribution in [2.24, 2.45) is 0 Å². The van der Waals surface area contributed by atoms with Crippen LogP contribution in [0.5, 0.6) is 11.5 Å². The molecule has 1 aromatic rings. The molecule has 5 nitrogen and oxygen atoms in total. The van der Waals surface area contributed by atoms with Crippen molar-refractivity contribution in [1.82, 2.24) is 0 Å². The summed E-state index contributed by atoms with van der Waals surface area (Å²) in [5.74, 6) is -0.972. The number of benzene rings is 1. The minimum Gasteiger partial charge on any atom is -0.419 e. The van der Waals surface area contributed by atoms with Crippen molar-refractivity contribution in [3.8, 4) is 11.5 Å². The normalized spacial score (nSPS) is 9.65. The summed E-state index contributed by atoms with van der Waals surface area (Å²) in [6.07, 6.45) is 2.70. The van der Waals surface area contributed by atoms with Crippen LogP contribution in [-0.4, -0.2) is 25.7 Å². The fraction of sp³-hybridized carbons (Fsp3) is 0.200. The predicted octanol–water partition coefficient (Wildman–Crippen LogP) is 2.06. The molecule has 0 atom stereocenters. The number of hydrogen-bond acceptors (Lipinski definition) is 5. The molecule has 0 spiro atoms. The van der Waals surface area contributed by atoms with Crippen molar-refractivity contribution in [2.75, 3.05) is 13.7 Å². The second-order valence-corrected chi connectivity index (χ2v) is 3.77. The number of hydrogen-bond donors (Lipinski definition) is 0. The molecule has 20 heavy (non-hydrogen) atoms. The van der Waals surface area contributed by atoms with Crippen molar-refractivity contribution < 1.29 is 23.8 Å². The number of ether oxygens (including phenoxy) is 3. The molecule has 0 fully saturated rings. The summed E-state index contributed by atoms with van der Waals surface area (Å²) in [4.78, 5) is 22.5. The fourth-order valence-corrected chi connectivity index (χ4v) is 1.39. The third-order valence-electron chi connectivity index (χ3n) is 2.36. The van der Waals surface area contributed by atoms with Gasteiger partial charge in [-0.2, -0.15) is 0 Å². The molecular formula is C15H16O5. The Bertz CT molecular complexity index is 519. The van der Waals surface area contributed by atoms with Crippen LogP contribution in [0.25, 0.3) is 0 Å². The molecular weight excluding hydrogens is 260 g/mol. The maximum atomic E-state index is 11.3. The maximum absolute atomic E-state index is 11.3. The fourth-order valence-electron chi connectivity index (χ4n) is 1.39. The van der Waals surface area contributed by atoms with Crippen molar-refractivity contribution >= 4 is 11.9 Å². The molecule has 0 aliphatic rings. The lowest BCUT2D eigenvalue weighted by Gasteiger charge is -2.10. The van der Waals surface area contributed by atoms with Gasteiger partial charge in [0.15, 0.2) is 11.5 Å². The maximum Gasteiger partial charge on any atom is 0.335 e. The third kappa shape index (κ3) is 4.70. The van der Waals surface area contributed by atoms with Crippen molar-refractivity contribution in [3.63, 3.8) is 0 Å². The van der Waals surface area contributed by atoms with Crippen LogP contribution in [0, 0.1) is 0 Å². The highest BCUT2D eigenvalue weighted by atomic mass is 16.6. The molecule has 1 rings (SSSR count). The summed E-state index contributed by atoms with van der Waals surface area (Å²) in [6, 6.07) is 4.93. The number of esters is 2. The van der Waals surface area contributed by atoms with E-state index in [1.54, 1.807) is 25.3 Å². The van der Waals surface area contributed by atoms with E-state index in [1.165, 1.54) is 0 Å². The Hall–Kier alpha value is -2.40. The molecule has 106 valence electrons. The molecule has 0 N–H and O–H groups in total. The predicted molar refractivity (Wildman–Crippen MR) is 73.7 cm³/mol. The topological polar surface area (TPSA) is 61.8 Å². The van der Waals surface area contributed by atoms with E-state index in [9.17, 15) is 9.59 Å². The lowest BCUT2D eigenvalue weighted by atomic mass is 10.1. The average molecular weight is 276 g/mol. The molecule has 0 saturated carbocycles. The number of carbonyl (C=O) groups excluding carboxylic acids is 2. The van der Waals surface area contributed by atoms with E-state index in [-0.39, 0.29) is 11.5 Å². The first-order valence-corrected chi connectivity index (χ1v) is 5.91. The molecule has 0 bridgehead atoms. The smallest absolute Gasteiger partial charge is 0.335 e. The summed E-state index contributed by atoms with van der Waals surface area (Å²) < 4.78 is 15.0. The van der Waals surface area contributed by atoms with Crippen LogP contribution in [0.3, 0.4) is 0 Å². The van der Waals surface area contributed by atoms with Gasteiger partial charge in [0.1, 0.15) is 0 Å². The molecule has 0 unspecified atom stereocenters. The molecule has 1 aromatic carbocycles. The standard InChI is InChI=1S/C15H16O5/c1-4-14(16)19-12-7-6-11(8-9-18-3)10-13(12)20-15(17)5-2/h4-7,10H,1-2,8-9H2,3H3. The summed E-state index contributed by atoms with van der Waals surface area (Å²) in [5.41, 5.74) is 0.886. The first kappa shape index (κ1) is 15.7. The van der Waals surface area contributed by atoms with Crippen LogP contribution in [0.4, 0.5) is 0 Å². The van der Waals surface area contributed by atoms with E-state index in [0.717, 1.165) is 17.7 Å². The second-order valence-electron chi connectivity index (χ2n) is 3.77. The Morgan fingerprint density at radius 1 is 1.10 bits per heavy atom. The zero-order valence-electron chi connectivity index (χ0n) is 11.3. The summed E-state index contributed by atoms with van der Waals surface area (Å²) in [6.45, 7) is 7.15. The highest BCUT2D eigenvalue weighted by Crippen LogP contribution is 2.29. The monoisotopic (exact) mass is 276 g/mol. The molecule has 0 saturated heterocycles. The van der Waals surface area contributed by atoms with Gasteiger partial charge in [0.05, 0.1) is 6.61 Å². The molecule has 0 aliphatic carbocycles. The van der Waals surface area contributed by atoms with Crippen molar-refractivity contribution in [2.45, 2.75) is 6.42 Å². The van der Waals surface area contributed by atoms with Gasteiger partial charge in [0.2, 0.25) is 0 Å². The van der Waals surface area contributed by atoms with Crippen LogP contribution in [-0.2, 0) is 20.7 Å². The van der Waals surface area contributed by atoms with Gasteiger partial charge in [-0.3, -0.25) is 0 Å². The van der Waals surface area contributed by atoms with Gasteiger partial charge in [-0.1, -0.05) is 19.2 Å². The first-order valence-electron chi connectivity index (χ1n) is 5.91. The van der Waals surface area contributed by atoms with Crippen molar-refractivity contribution in [1.29, 1.82) is 0 Å². The van der Waals surface area contributed by atoms with E-state index in [0.29, 0.717) is 13.0 Å². The molecule has 0 aromatic heterocycles. The Kier molecular flexibility index (Phi) is 6.19. The zero-order valence-corrected chi connectivity index (χ0v) is 11.3. The Morgan fingerprint density at radius 2 is 1.70 bits per heavy atom. The largest absolute Gasteiger partial charge is 0.419 e. The van der Waals surface area contributed by atoms with E-state index in [2.05, 4.69) is 13.2 Å². The first-order chi connectivity index (χ1) is 9.60. The highest BCUT2D eigenvalue weighted by molar-refractivity contribution is 5.86. The Morgan fingerprint density at radius 3 is 2.25 bits per heavy atom. The Balaban J connectivity index is 3.01. The summed E-state index contributed by atoms with van der Waals surface area (Å²) in [5, 5.41) is 0. The van der Waals surface area contributed by atoms with Gasteiger partial charge in [-0.05, 0) is 24.1 Å². The minimum absolute atomic E-state index is 0.145. The second kappa shape index (κ2) is 7.91. The average Bonchev–Trinajstić information content (AvgIpc) is 2.46. The third-order valence-corrected chi connectivity index (χ3v) is 2.36. The lowest BCUT2D eigenvalue weighted by molar-refractivity contribution is -0.131. The van der Waals surface area contributed by atoms with E-state index in [1.807, 2.05) is 0 Å². The highest BCUT2D eigenvalue weighted by Gasteiger charge is 2.12. The van der Waals surface area contributed by atoms with Gasteiger partial charge in [0, 0.05) is 19.3 Å². The number of methoxy groups -OCH3 is 1.